The molecule has 1 rings (SSSR count). The molecular formula is C17H33N5S. The summed E-state index contributed by atoms with van der Waals surface area (Å²) in [5.41, 5.74) is 0. The first kappa shape index (κ1) is 19.9. The van der Waals surface area contributed by atoms with Crippen LogP contribution in [0.1, 0.15) is 49.9 Å². The fourth-order valence-electron chi connectivity index (χ4n) is 2.44. The van der Waals surface area contributed by atoms with Crippen molar-refractivity contribution in [1.82, 2.24) is 20.5 Å². The lowest BCUT2D eigenvalue weighted by Gasteiger charge is -2.21. The number of rotatable bonds is 11. The molecule has 0 spiro atoms. The summed E-state index contributed by atoms with van der Waals surface area (Å²) in [5.74, 6) is 0.887. The highest BCUT2D eigenvalue weighted by Gasteiger charge is 2.03. The molecule has 0 aromatic carbocycles. The molecule has 1 heterocycles. The van der Waals surface area contributed by atoms with Gasteiger partial charge in [-0.25, -0.2) is 9.98 Å². The van der Waals surface area contributed by atoms with Crippen molar-refractivity contribution in [3.05, 3.63) is 16.1 Å². The predicted octanol–water partition coefficient (Wildman–Crippen LogP) is 3.02. The molecular weight excluding hydrogens is 306 g/mol. The lowest BCUT2D eigenvalue weighted by atomic mass is 10.3. The molecule has 2 N–H and O–H groups in total. The molecule has 1 aromatic heterocycles. The van der Waals surface area contributed by atoms with E-state index in [-0.39, 0.29) is 0 Å². The van der Waals surface area contributed by atoms with Crippen molar-refractivity contribution in [2.24, 2.45) is 4.99 Å². The monoisotopic (exact) mass is 339 g/mol. The zero-order chi connectivity index (χ0) is 16.9. The van der Waals surface area contributed by atoms with Gasteiger partial charge in [0, 0.05) is 24.2 Å². The number of guanidine groups is 1. The number of aryl methyl sites for hydroxylation is 1. The van der Waals surface area contributed by atoms with E-state index in [9.17, 15) is 0 Å². The van der Waals surface area contributed by atoms with Gasteiger partial charge in [0.2, 0.25) is 0 Å². The number of aromatic nitrogens is 1. The first-order valence-corrected chi connectivity index (χ1v) is 9.67. The van der Waals surface area contributed by atoms with Crippen LogP contribution in [-0.2, 0) is 6.54 Å². The molecule has 0 saturated carbocycles. The SMILES string of the molecule is CCCN(CCC)CCCNC(=NCc1ncc(C)s1)NCC. The maximum absolute atomic E-state index is 4.62. The largest absolute Gasteiger partial charge is 0.357 e. The molecule has 0 fully saturated rings. The molecule has 0 amide bonds. The minimum absolute atomic E-state index is 0.644. The molecule has 5 nitrogen and oxygen atoms in total. The summed E-state index contributed by atoms with van der Waals surface area (Å²) >= 11 is 1.71. The van der Waals surface area contributed by atoms with Gasteiger partial charge in [-0.3, -0.25) is 0 Å². The Hall–Kier alpha value is -1.14. The molecule has 0 atom stereocenters. The van der Waals surface area contributed by atoms with E-state index in [4.69, 9.17) is 0 Å². The Bertz CT molecular complexity index is 438. The summed E-state index contributed by atoms with van der Waals surface area (Å²) in [7, 11) is 0. The Morgan fingerprint density at radius 1 is 1.17 bits per heavy atom. The molecule has 6 heteroatoms. The summed E-state index contributed by atoms with van der Waals surface area (Å²) in [6, 6.07) is 0. The van der Waals surface area contributed by atoms with Gasteiger partial charge in [-0.1, -0.05) is 13.8 Å². The number of hydrogen-bond donors (Lipinski definition) is 2. The average molecular weight is 340 g/mol. The van der Waals surface area contributed by atoms with Gasteiger partial charge in [-0.2, -0.15) is 0 Å². The molecule has 132 valence electrons. The summed E-state index contributed by atoms with van der Waals surface area (Å²) < 4.78 is 0. The molecule has 23 heavy (non-hydrogen) atoms. The summed E-state index contributed by atoms with van der Waals surface area (Å²) in [5, 5.41) is 7.79. The number of nitrogens with one attached hydrogen (secondary N) is 2. The van der Waals surface area contributed by atoms with Crippen molar-refractivity contribution < 1.29 is 0 Å². The average Bonchev–Trinajstić information content (AvgIpc) is 2.95. The van der Waals surface area contributed by atoms with Gasteiger partial charge in [0.05, 0.1) is 6.54 Å². The van der Waals surface area contributed by atoms with Crippen LogP contribution in [0.4, 0.5) is 0 Å². The van der Waals surface area contributed by atoms with E-state index in [1.54, 1.807) is 11.3 Å². The van der Waals surface area contributed by atoms with Crippen molar-refractivity contribution in [2.45, 2.75) is 53.5 Å². The number of nitrogens with zero attached hydrogens (tertiary/aromatic N) is 3. The van der Waals surface area contributed by atoms with Crippen molar-refractivity contribution in [2.75, 3.05) is 32.7 Å². The number of hydrogen-bond acceptors (Lipinski definition) is 4. The Kier molecular flexibility index (Phi) is 10.6. The van der Waals surface area contributed by atoms with Crippen LogP contribution in [0.3, 0.4) is 0 Å². The molecule has 0 unspecified atom stereocenters. The van der Waals surface area contributed by atoms with Gasteiger partial charge < -0.3 is 15.5 Å². The minimum atomic E-state index is 0.644. The summed E-state index contributed by atoms with van der Waals surface area (Å²) in [6.45, 7) is 14.7. The van der Waals surface area contributed by atoms with Gasteiger partial charge in [0.1, 0.15) is 5.01 Å². The Morgan fingerprint density at radius 3 is 2.48 bits per heavy atom. The summed E-state index contributed by atoms with van der Waals surface area (Å²) in [4.78, 5) is 12.8. The predicted molar refractivity (Wildman–Crippen MR) is 101 cm³/mol. The fraction of sp³-hybridized carbons (Fsp3) is 0.765. The second-order valence-electron chi connectivity index (χ2n) is 5.68. The molecule has 0 bridgehead atoms. The zero-order valence-electron chi connectivity index (χ0n) is 15.2. The van der Waals surface area contributed by atoms with E-state index in [0.717, 1.165) is 37.0 Å². The standard InChI is InChI=1S/C17H33N5S/c1-5-10-22(11-6-2)12-8-9-19-17(18-7-3)21-14-16-20-13-15(4)23-16/h13H,5-12,14H2,1-4H3,(H2,18,19,21). The van der Waals surface area contributed by atoms with E-state index in [1.165, 1.54) is 30.8 Å². The fourth-order valence-corrected chi connectivity index (χ4v) is 3.15. The van der Waals surface area contributed by atoms with Crippen LogP contribution in [-0.4, -0.2) is 48.6 Å². The Balaban J connectivity index is 2.34. The molecule has 0 saturated heterocycles. The summed E-state index contributed by atoms with van der Waals surface area (Å²) in [6.07, 6.45) is 5.50. The minimum Gasteiger partial charge on any atom is -0.357 e. The lowest BCUT2D eigenvalue weighted by Crippen LogP contribution is -2.39. The maximum atomic E-state index is 4.62. The van der Waals surface area contributed by atoms with Crippen LogP contribution < -0.4 is 10.6 Å². The van der Waals surface area contributed by atoms with Crippen molar-refractivity contribution in [3.8, 4) is 0 Å². The van der Waals surface area contributed by atoms with Gasteiger partial charge in [-0.15, -0.1) is 11.3 Å². The van der Waals surface area contributed by atoms with Crippen LogP contribution in [0.25, 0.3) is 0 Å². The lowest BCUT2D eigenvalue weighted by molar-refractivity contribution is 0.271. The first-order chi connectivity index (χ1) is 11.2. The van der Waals surface area contributed by atoms with E-state index in [1.807, 2.05) is 6.20 Å². The van der Waals surface area contributed by atoms with Crippen LogP contribution >= 0.6 is 11.3 Å². The van der Waals surface area contributed by atoms with Gasteiger partial charge >= 0.3 is 0 Å². The van der Waals surface area contributed by atoms with E-state index >= 15 is 0 Å². The zero-order valence-corrected chi connectivity index (χ0v) is 16.0. The normalized spacial score (nSPS) is 12.0. The van der Waals surface area contributed by atoms with Gasteiger partial charge in [0.15, 0.2) is 5.96 Å². The third-order valence-corrected chi connectivity index (χ3v) is 4.31. The van der Waals surface area contributed by atoms with E-state index in [2.05, 4.69) is 53.2 Å². The highest BCUT2D eigenvalue weighted by Crippen LogP contribution is 2.11. The molecule has 1 aromatic rings. The Labute approximate surface area is 145 Å². The number of aliphatic imine (C=N–C) groups is 1. The molecule has 0 aliphatic carbocycles. The van der Waals surface area contributed by atoms with E-state index < -0.39 is 0 Å². The third-order valence-electron chi connectivity index (χ3n) is 3.41. The van der Waals surface area contributed by atoms with E-state index in [0.29, 0.717) is 6.54 Å². The van der Waals surface area contributed by atoms with Gasteiger partial charge in [0.25, 0.3) is 0 Å². The van der Waals surface area contributed by atoms with Crippen LogP contribution in [0.2, 0.25) is 0 Å². The maximum Gasteiger partial charge on any atom is 0.191 e. The third kappa shape index (κ3) is 8.91. The van der Waals surface area contributed by atoms with Crippen LogP contribution in [0, 0.1) is 6.92 Å². The van der Waals surface area contributed by atoms with Crippen LogP contribution in [0.15, 0.2) is 11.2 Å². The molecule has 0 radical (unpaired) electrons. The number of thiazole rings is 1. The van der Waals surface area contributed by atoms with Crippen molar-refractivity contribution in [1.29, 1.82) is 0 Å². The first-order valence-electron chi connectivity index (χ1n) is 8.85. The van der Waals surface area contributed by atoms with Gasteiger partial charge in [-0.05, 0) is 52.7 Å². The van der Waals surface area contributed by atoms with Crippen molar-refractivity contribution >= 4 is 17.3 Å². The second-order valence-corrected chi connectivity index (χ2v) is 7.00. The van der Waals surface area contributed by atoms with Crippen LogP contribution in [0.5, 0.6) is 0 Å². The van der Waals surface area contributed by atoms with Crippen molar-refractivity contribution in [3.63, 3.8) is 0 Å². The molecule has 0 aliphatic rings. The molecule has 0 aliphatic heterocycles. The Morgan fingerprint density at radius 2 is 1.91 bits per heavy atom. The smallest absolute Gasteiger partial charge is 0.191 e. The highest BCUT2D eigenvalue weighted by molar-refractivity contribution is 7.11. The topological polar surface area (TPSA) is 52.5 Å². The highest BCUT2D eigenvalue weighted by atomic mass is 32.1. The quantitative estimate of drug-likeness (QED) is 0.370. The second kappa shape index (κ2) is 12.3.